The van der Waals surface area contributed by atoms with E-state index < -0.39 is 11.2 Å². The lowest BCUT2D eigenvalue weighted by molar-refractivity contribution is -0.147. The Morgan fingerprint density at radius 1 is 1.25 bits per heavy atom. The lowest BCUT2D eigenvalue weighted by atomic mass is 10.3. The van der Waals surface area contributed by atoms with Gasteiger partial charge in [0.05, 0.1) is 5.75 Å². The van der Waals surface area contributed by atoms with E-state index in [1.165, 1.54) is 24.3 Å². The Labute approximate surface area is 143 Å². The third-order valence-electron chi connectivity index (χ3n) is 3.21. The van der Waals surface area contributed by atoms with Crippen LogP contribution in [-0.2, 0) is 19.1 Å². The van der Waals surface area contributed by atoms with Crippen LogP contribution in [0.3, 0.4) is 0 Å². The van der Waals surface area contributed by atoms with Crippen molar-refractivity contribution in [1.82, 2.24) is 5.32 Å². The molecule has 2 rings (SSSR count). The van der Waals surface area contributed by atoms with Crippen LogP contribution in [0.15, 0.2) is 24.3 Å². The first kappa shape index (κ1) is 18.3. The third-order valence-corrected chi connectivity index (χ3v) is 4.33. The second-order valence-electron chi connectivity index (χ2n) is 5.46. The Morgan fingerprint density at radius 3 is 2.54 bits per heavy atom. The molecule has 1 unspecified atom stereocenters. The maximum atomic E-state index is 12.8. The van der Waals surface area contributed by atoms with E-state index in [0.29, 0.717) is 5.69 Å². The third kappa shape index (κ3) is 6.57. The van der Waals surface area contributed by atoms with Crippen molar-refractivity contribution >= 4 is 35.2 Å². The SMILES string of the molecule is CC(SCC(=O)Nc1ccc(F)cc1)C(=O)OCC(=O)NC1CC1. The van der Waals surface area contributed by atoms with E-state index in [1.54, 1.807) is 6.92 Å². The largest absolute Gasteiger partial charge is 0.455 e. The fourth-order valence-corrected chi connectivity index (χ4v) is 2.43. The van der Waals surface area contributed by atoms with E-state index in [1.807, 2.05) is 0 Å². The number of ether oxygens (including phenoxy) is 1. The first-order chi connectivity index (χ1) is 11.4. The molecule has 1 aliphatic carbocycles. The predicted molar refractivity (Wildman–Crippen MR) is 89.1 cm³/mol. The van der Waals surface area contributed by atoms with Crippen LogP contribution in [-0.4, -0.2) is 41.4 Å². The molecule has 1 aromatic carbocycles. The van der Waals surface area contributed by atoms with Crippen LogP contribution < -0.4 is 10.6 Å². The molecule has 8 heteroatoms. The lowest BCUT2D eigenvalue weighted by Gasteiger charge is -2.11. The zero-order valence-corrected chi connectivity index (χ0v) is 14.0. The highest BCUT2D eigenvalue weighted by Gasteiger charge is 2.24. The average molecular weight is 354 g/mol. The monoisotopic (exact) mass is 354 g/mol. The van der Waals surface area contributed by atoms with Gasteiger partial charge in [0.15, 0.2) is 6.61 Å². The molecule has 1 saturated carbocycles. The number of hydrogen-bond acceptors (Lipinski definition) is 5. The Kier molecular flexibility index (Phi) is 6.60. The van der Waals surface area contributed by atoms with E-state index in [0.717, 1.165) is 24.6 Å². The van der Waals surface area contributed by atoms with E-state index in [2.05, 4.69) is 10.6 Å². The van der Waals surface area contributed by atoms with Crippen molar-refractivity contribution in [2.45, 2.75) is 31.1 Å². The molecule has 6 nitrogen and oxygen atoms in total. The molecule has 0 heterocycles. The number of nitrogens with one attached hydrogen (secondary N) is 2. The minimum absolute atomic E-state index is 0.0436. The molecular weight excluding hydrogens is 335 g/mol. The van der Waals surface area contributed by atoms with Crippen LogP contribution >= 0.6 is 11.8 Å². The first-order valence-electron chi connectivity index (χ1n) is 7.57. The normalized spacial score (nSPS) is 14.6. The summed E-state index contributed by atoms with van der Waals surface area (Å²) in [5, 5.41) is 4.74. The van der Waals surface area contributed by atoms with Crippen LogP contribution in [0.4, 0.5) is 10.1 Å². The Morgan fingerprint density at radius 2 is 1.92 bits per heavy atom. The summed E-state index contributed by atoms with van der Waals surface area (Å²) in [6, 6.07) is 5.62. The molecule has 0 aliphatic heterocycles. The number of carbonyl (C=O) groups excluding carboxylic acids is 3. The number of hydrogen-bond donors (Lipinski definition) is 2. The minimum atomic E-state index is -0.572. The summed E-state index contributed by atoms with van der Waals surface area (Å²) in [5.74, 6) is -1.50. The van der Waals surface area contributed by atoms with Gasteiger partial charge < -0.3 is 15.4 Å². The number of rotatable bonds is 8. The maximum Gasteiger partial charge on any atom is 0.319 e. The van der Waals surface area contributed by atoms with Gasteiger partial charge in [-0.25, -0.2) is 4.39 Å². The number of esters is 1. The van der Waals surface area contributed by atoms with Crippen molar-refractivity contribution in [2.75, 3.05) is 17.7 Å². The van der Waals surface area contributed by atoms with Gasteiger partial charge in [-0.3, -0.25) is 14.4 Å². The fourth-order valence-electron chi connectivity index (χ4n) is 1.75. The summed E-state index contributed by atoms with van der Waals surface area (Å²) in [7, 11) is 0. The summed E-state index contributed by atoms with van der Waals surface area (Å²) >= 11 is 1.10. The Bertz CT molecular complexity index is 605. The van der Waals surface area contributed by atoms with Crippen LogP contribution in [0.2, 0.25) is 0 Å². The molecule has 0 radical (unpaired) electrons. The second kappa shape index (κ2) is 8.68. The zero-order valence-electron chi connectivity index (χ0n) is 13.2. The van der Waals surface area contributed by atoms with Crippen LogP contribution in [0.5, 0.6) is 0 Å². The first-order valence-corrected chi connectivity index (χ1v) is 8.62. The number of benzene rings is 1. The highest BCUT2D eigenvalue weighted by Crippen LogP contribution is 2.18. The van der Waals surface area contributed by atoms with Crippen molar-refractivity contribution in [3.8, 4) is 0 Å². The molecule has 2 amide bonds. The van der Waals surface area contributed by atoms with Gasteiger partial charge in [0, 0.05) is 11.7 Å². The molecule has 130 valence electrons. The molecule has 24 heavy (non-hydrogen) atoms. The Hall–Kier alpha value is -2.09. The van der Waals surface area contributed by atoms with Crippen molar-refractivity contribution in [2.24, 2.45) is 0 Å². The van der Waals surface area contributed by atoms with Crippen molar-refractivity contribution in [3.05, 3.63) is 30.1 Å². The number of amides is 2. The van der Waals surface area contributed by atoms with Gasteiger partial charge in [0.1, 0.15) is 11.1 Å². The summed E-state index contributed by atoms with van der Waals surface area (Å²) in [6.07, 6.45) is 1.93. The lowest BCUT2D eigenvalue weighted by Crippen LogP contribution is -2.32. The minimum Gasteiger partial charge on any atom is -0.455 e. The van der Waals surface area contributed by atoms with Crippen LogP contribution in [0, 0.1) is 5.82 Å². The van der Waals surface area contributed by atoms with Crippen molar-refractivity contribution in [3.63, 3.8) is 0 Å². The van der Waals surface area contributed by atoms with Gasteiger partial charge in [0.25, 0.3) is 5.91 Å². The van der Waals surface area contributed by atoms with Crippen molar-refractivity contribution in [1.29, 1.82) is 0 Å². The molecule has 1 aromatic rings. The van der Waals surface area contributed by atoms with Gasteiger partial charge >= 0.3 is 5.97 Å². The van der Waals surface area contributed by atoms with Crippen LogP contribution in [0.1, 0.15) is 19.8 Å². The molecule has 1 aliphatic rings. The van der Waals surface area contributed by atoms with Crippen molar-refractivity contribution < 1.29 is 23.5 Å². The van der Waals surface area contributed by atoms with Gasteiger partial charge in [-0.05, 0) is 44.0 Å². The molecule has 0 spiro atoms. The zero-order chi connectivity index (χ0) is 17.5. The standard InChI is InChI=1S/C16H19FN2O4S/c1-10(16(22)23-8-14(20)18-13-6-7-13)24-9-15(21)19-12-4-2-11(17)3-5-12/h2-5,10,13H,6-9H2,1H3,(H,18,20)(H,19,21). The summed E-state index contributed by atoms with van der Waals surface area (Å²) in [4.78, 5) is 35.0. The van der Waals surface area contributed by atoms with E-state index in [9.17, 15) is 18.8 Å². The molecular formula is C16H19FN2O4S. The molecule has 0 aromatic heterocycles. The molecule has 0 saturated heterocycles. The molecule has 1 fully saturated rings. The Balaban J connectivity index is 1.64. The van der Waals surface area contributed by atoms with E-state index in [-0.39, 0.29) is 36.0 Å². The number of carbonyl (C=O) groups is 3. The van der Waals surface area contributed by atoms with Crippen LogP contribution in [0.25, 0.3) is 0 Å². The van der Waals surface area contributed by atoms with E-state index >= 15 is 0 Å². The summed E-state index contributed by atoms with van der Waals surface area (Å²) in [5.41, 5.74) is 0.481. The van der Waals surface area contributed by atoms with Gasteiger partial charge in [-0.1, -0.05) is 0 Å². The highest BCUT2D eigenvalue weighted by molar-refractivity contribution is 8.01. The number of thioether (sulfide) groups is 1. The van der Waals surface area contributed by atoms with Gasteiger partial charge in [0.2, 0.25) is 5.91 Å². The maximum absolute atomic E-state index is 12.8. The number of halogens is 1. The summed E-state index contributed by atoms with van der Waals surface area (Å²) in [6.45, 7) is 1.30. The predicted octanol–water partition coefficient (Wildman–Crippen LogP) is 1.71. The van der Waals surface area contributed by atoms with E-state index in [4.69, 9.17) is 4.74 Å². The van der Waals surface area contributed by atoms with Gasteiger partial charge in [-0.15, -0.1) is 11.8 Å². The number of anilines is 1. The topological polar surface area (TPSA) is 84.5 Å². The summed E-state index contributed by atoms with van der Waals surface area (Å²) < 4.78 is 17.7. The molecule has 0 bridgehead atoms. The highest BCUT2D eigenvalue weighted by atomic mass is 32.2. The average Bonchev–Trinajstić information content (AvgIpc) is 3.36. The molecule has 1 atom stereocenters. The second-order valence-corrected chi connectivity index (χ2v) is 6.79. The molecule has 2 N–H and O–H groups in total. The fraction of sp³-hybridized carbons (Fsp3) is 0.438. The quantitative estimate of drug-likeness (QED) is 0.694. The van der Waals surface area contributed by atoms with Gasteiger partial charge in [-0.2, -0.15) is 0 Å². The smallest absolute Gasteiger partial charge is 0.319 e.